The summed E-state index contributed by atoms with van der Waals surface area (Å²) in [5.74, 6) is 0.192. The summed E-state index contributed by atoms with van der Waals surface area (Å²) in [5, 5.41) is 0. The molecule has 0 saturated carbocycles. The zero-order chi connectivity index (χ0) is 20.0. The van der Waals surface area contributed by atoms with E-state index in [1.807, 2.05) is 6.92 Å². The number of ether oxygens (including phenoxy) is 1. The lowest BCUT2D eigenvalue weighted by Gasteiger charge is -2.15. The minimum atomic E-state index is 0.0447. The van der Waals surface area contributed by atoms with Crippen molar-refractivity contribution in [2.24, 2.45) is 5.92 Å². The molecule has 0 aliphatic rings. The van der Waals surface area contributed by atoms with E-state index in [9.17, 15) is 4.79 Å². The fourth-order valence-electron chi connectivity index (χ4n) is 3.87. The zero-order valence-electron chi connectivity index (χ0n) is 19.0. The summed E-state index contributed by atoms with van der Waals surface area (Å²) < 4.78 is 5.27. The van der Waals surface area contributed by atoms with Crippen LogP contribution >= 0.6 is 0 Å². The second-order valence-corrected chi connectivity index (χ2v) is 8.33. The lowest BCUT2D eigenvalue weighted by molar-refractivity contribution is -0.148. The molecule has 2 heteroatoms. The van der Waals surface area contributed by atoms with Crippen molar-refractivity contribution in [2.45, 2.75) is 143 Å². The van der Waals surface area contributed by atoms with E-state index >= 15 is 0 Å². The summed E-state index contributed by atoms with van der Waals surface area (Å²) in [7, 11) is 0. The van der Waals surface area contributed by atoms with E-state index in [4.69, 9.17) is 4.74 Å². The molecule has 0 aliphatic carbocycles. The van der Waals surface area contributed by atoms with Crippen molar-refractivity contribution < 1.29 is 9.53 Å². The van der Waals surface area contributed by atoms with Crippen molar-refractivity contribution >= 4 is 5.97 Å². The maximum atomic E-state index is 12.1. The molecule has 1 unspecified atom stereocenters. The van der Waals surface area contributed by atoms with Crippen LogP contribution in [0.3, 0.4) is 0 Å². The molecule has 2 nitrogen and oxygen atoms in total. The van der Waals surface area contributed by atoms with Gasteiger partial charge in [-0.05, 0) is 19.8 Å². The van der Waals surface area contributed by atoms with Gasteiger partial charge in [0.25, 0.3) is 0 Å². The van der Waals surface area contributed by atoms with Crippen LogP contribution in [0.25, 0.3) is 0 Å². The van der Waals surface area contributed by atoms with Gasteiger partial charge in [-0.1, -0.05) is 123 Å². The van der Waals surface area contributed by atoms with Crippen molar-refractivity contribution in [3.05, 3.63) is 0 Å². The Kier molecular flexibility index (Phi) is 21.3. The molecular weight excluding hydrogens is 332 g/mol. The first-order valence-corrected chi connectivity index (χ1v) is 12.4. The number of hydrogen-bond acceptors (Lipinski definition) is 2. The topological polar surface area (TPSA) is 26.3 Å². The Morgan fingerprint density at radius 2 is 0.889 bits per heavy atom. The minimum absolute atomic E-state index is 0.0447. The summed E-state index contributed by atoms with van der Waals surface area (Å²) in [6.45, 7) is 6.93. The first-order chi connectivity index (χ1) is 13.3. The summed E-state index contributed by atoms with van der Waals surface area (Å²) in [4.78, 5) is 12.1. The Morgan fingerprint density at radius 1 is 0.556 bits per heavy atom. The largest absolute Gasteiger partial charge is 0.466 e. The van der Waals surface area contributed by atoms with Gasteiger partial charge in [-0.25, -0.2) is 0 Å². The third kappa shape index (κ3) is 18.6. The van der Waals surface area contributed by atoms with Crippen LogP contribution in [0.15, 0.2) is 0 Å². The van der Waals surface area contributed by atoms with Crippen molar-refractivity contribution in [3.63, 3.8) is 0 Å². The molecule has 162 valence electrons. The van der Waals surface area contributed by atoms with Crippen LogP contribution in [0, 0.1) is 5.92 Å². The third-order valence-corrected chi connectivity index (χ3v) is 5.68. The number of unbranched alkanes of at least 4 members (excludes halogenated alkanes) is 15. The molecule has 0 spiro atoms. The molecule has 0 N–H and O–H groups in total. The molecule has 27 heavy (non-hydrogen) atoms. The number of hydrogen-bond donors (Lipinski definition) is 0. The molecule has 1 atom stereocenters. The number of esters is 1. The smallest absolute Gasteiger partial charge is 0.308 e. The van der Waals surface area contributed by atoms with E-state index in [1.54, 1.807) is 0 Å². The Labute approximate surface area is 171 Å². The maximum Gasteiger partial charge on any atom is 0.308 e. The van der Waals surface area contributed by atoms with Crippen LogP contribution in [0.1, 0.15) is 143 Å². The standard InChI is InChI=1S/C25H50O2/c1-4-7-9-10-11-12-13-14-15-16-17-18-19-21-23-24(22-20-8-5-2)25(26)27-6-3/h24H,4-23H2,1-3H3. The predicted molar refractivity (Wildman–Crippen MR) is 119 cm³/mol. The van der Waals surface area contributed by atoms with Crippen LogP contribution < -0.4 is 0 Å². The van der Waals surface area contributed by atoms with Gasteiger partial charge >= 0.3 is 5.97 Å². The highest BCUT2D eigenvalue weighted by atomic mass is 16.5. The lowest BCUT2D eigenvalue weighted by atomic mass is 9.94. The van der Waals surface area contributed by atoms with Gasteiger partial charge in [0.1, 0.15) is 0 Å². The fraction of sp³-hybridized carbons (Fsp3) is 0.960. The Balaban J connectivity index is 3.49. The van der Waals surface area contributed by atoms with Crippen molar-refractivity contribution in [3.8, 4) is 0 Å². The fourth-order valence-corrected chi connectivity index (χ4v) is 3.87. The highest BCUT2D eigenvalue weighted by Crippen LogP contribution is 2.20. The summed E-state index contributed by atoms with van der Waals surface area (Å²) in [5.41, 5.74) is 0. The molecule has 0 bridgehead atoms. The molecule has 0 rings (SSSR count). The highest BCUT2D eigenvalue weighted by molar-refractivity contribution is 5.72. The van der Waals surface area contributed by atoms with Gasteiger partial charge in [-0.2, -0.15) is 0 Å². The van der Waals surface area contributed by atoms with Gasteiger partial charge in [0.05, 0.1) is 12.5 Å². The molecule has 0 radical (unpaired) electrons. The van der Waals surface area contributed by atoms with E-state index in [0.29, 0.717) is 6.61 Å². The van der Waals surface area contributed by atoms with Gasteiger partial charge in [-0.3, -0.25) is 4.79 Å². The summed E-state index contributed by atoms with van der Waals surface area (Å²) >= 11 is 0. The Bertz CT molecular complexity index is 301. The summed E-state index contributed by atoms with van der Waals surface area (Å²) in [6.07, 6.45) is 25.0. The molecule has 0 amide bonds. The number of rotatable bonds is 21. The van der Waals surface area contributed by atoms with Crippen LogP contribution in [0.4, 0.5) is 0 Å². The van der Waals surface area contributed by atoms with E-state index < -0.39 is 0 Å². The number of carbonyl (C=O) groups excluding carboxylic acids is 1. The van der Waals surface area contributed by atoms with E-state index in [-0.39, 0.29) is 11.9 Å². The summed E-state index contributed by atoms with van der Waals surface area (Å²) in [6, 6.07) is 0. The molecule has 0 heterocycles. The maximum absolute atomic E-state index is 12.1. The highest BCUT2D eigenvalue weighted by Gasteiger charge is 2.18. The second kappa shape index (κ2) is 21.8. The number of carbonyl (C=O) groups is 1. The average Bonchev–Trinajstić information content (AvgIpc) is 2.67. The first-order valence-electron chi connectivity index (χ1n) is 12.4. The van der Waals surface area contributed by atoms with Crippen molar-refractivity contribution in [1.29, 1.82) is 0 Å². The molecule has 0 fully saturated rings. The van der Waals surface area contributed by atoms with Crippen LogP contribution in [-0.4, -0.2) is 12.6 Å². The van der Waals surface area contributed by atoms with Gasteiger partial charge < -0.3 is 4.74 Å². The molecule has 0 aliphatic heterocycles. The van der Waals surface area contributed by atoms with Crippen LogP contribution in [0.2, 0.25) is 0 Å². The van der Waals surface area contributed by atoms with Crippen molar-refractivity contribution in [2.75, 3.05) is 6.61 Å². The average molecular weight is 383 g/mol. The van der Waals surface area contributed by atoms with Crippen molar-refractivity contribution in [1.82, 2.24) is 0 Å². The quantitative estimate of drug-likeness (QED) is 0.147. The van der Waals surface area contributed by atoms with E-state index in [0.717, 1.165) is 12.8 Å². The zero-order valence-corrected chi connectivity index (χ0v) is 19.0. The molecule has 0 aromatic carbocycles. The Hall–Kier alpha value is -0.530. The van der Waals surface area contributed by atoms with Gasteiger partial charge in [0, 0.05) is 0 Å². The molecule has 0 aromatic rings. The van der Waals surface area contributed by atoms with E-state index in [1.165, 1.54) is 109 Å². The molecular formula is C25H50O2. The van der Waals surface area contributed by atoms with Crippen LogP contribution in [0.5, 0.6) is 0 Å². The second-order valence-electron chi connectivity index (χ2n) is 8.33. The van der Waals surface area contributed by atoms with Gasteiger partial charge in [-0.15, -0.1) is 0 Å². The Morgan fingerprint density at radius 3 is 1.30 bits per heavy atom. The monoisotopic (exact) mass is 382 g/mol. The van der Waals surface area contributed by atoms with E-state index in [2.05, 4.69) is 13.8 Å². The van der Waals surface area contributed by atoms with Gasteiger partial charge in [0.15, 0.2) is 0 Å². The molecule has 0 aromatic heterocycles. The molecule has 0 saturated heterocycles. The minimum Gasteiger partial charge on any atom is -0.466 e. The van der Waals surface area contributed by atoms with Gasteiger partial charge in [0.2, 0.25) is 0 Å². The van der Waals surface area contributed by atoms with Crippen LogP contribution in [-0.2, 0) is 9.53 Å². The SMILES string of the molecule is CCCCCCCCCCCCCCCCC(CCCCC)C(=O)OCC. The first kappa shape index (κ1) is 26.5. The lowest BCUT2D eigenvalue weighted by Crippen LogP contribution is -2.18. The normalized spacial score (nSPS) is 12.3. The third-order valence-electron chi connectivity index (χ3n) is 5.68. The predicted octanol–water partition coefficient (Wildman–Crippen LogP) is 8.62.